The predicted octanol–water partition coefficient (Wildman–Crippen LogP) is 4.90. The van der Waals surface area contributed by atoms with E-state index in [9.17, 15) is 18.4 Å². The third kappa shape index (κ3) is 3.70. The normalized spacial score (nSPS) is 11.1. The number of hydrogen-bond acceptors (Lipinski definition) is 4. The zero-order valence-electron chi connectivity index (χ0n) is 14.2. The first-order valence-corrected chi connectivity index (χ1v) is 7.86. The number of aromatic nitrogens is 1. The average molecular weight is 369 g/mol. The number of ether oxygens (including phenoxy) is 1. The molecule has 0 fully saturated rings. The highest BCUT2D eigenvalue weighted by atomic mass is 19.4. The lowest BCUT2D eigenvalue weighted by atomic mass is 9.97. The highest BCUT2D eigenvalue weighted by Gasteiger charge is 2.30. The highest BCUT2D eigenvalue weighted by Crippen LogP contribution is 2.36. The van der Waals surface area contributed by atoms with Gasteiger partial charge in [0, 0.05) is 11.1 Å². The average Bonchev–Trinajstić information content (AvgIpc) is 2.67. The van der Waals surface area contributed by atoms with Crippen LogP contribution in [-0.4, -0.2) is 12.1 Å². The van der Waals surface area contributed by atoms with Crippen molar-refractivity contribution in [3.05, 3.63) is 65.7 Å². The molecule has 0 unspecified atom stereocenters. The summed E-state index contributed by atoms with van der Waals surface area (Å²) in [5.74, 6) is 0.545. The Labute approximate surface area is 153 Å². The van der Waals surface area contributed by atoms with E-state index in [1.807, 2.05) is 6.07 Å². The van der Waals surface area contributed by atoms with E-state index in [-0.39, 0.29) is 22.5 Å². The van der Waals surface area contributed by atoms with Gasteiger partial charge in [-0.1, -0.05) is 24.3 Å². The molecule has 0 saturated heterocycles. The fraction of sp³-hybridized carbons (Fsp3) is 0.100. The molecule has 1 heterocycles. The molecule has 3 aromatic rings. The number of rotatable bonds is 3. The zero-order valence-corrected chi connectivity index (χ0v) is 14.2. The zero-order chi connectivity index (χ0) is 19.6. The molecule has 0 atom stereocenters. The Hall–Kier alpha value is -3.53. The van der Waals surface area contributed by atoms with Crippen LogP contribution in [0.2, 0.25) is 0 Å². The first kappa shape index (κ1) is 18.3. The molecule has 0 amide bonds. The summed E-state index contributed by atoms with van der Waals surface area (Å²) in [6.45, 7) is 0. The SMILES string of the molecule is COc1cccc(-c2cc(-c3cccc(C(F)(F)F)c3)c(C#N)c(N)n2)c1. The second-order valence-corrected chi connectivity index (χ2v) is 5.74. The summed E-state index contributed by atoms with van der Waals surface area (Å²) < 4.78 is 44.4. The van der Waals surface area contributed by atoms with Gasteiger partial charge in [-0.25, -0.2) is 4.98 Å². The Morgan fingerprint density at radius 2 is 1.74 bits per heavy atom. The van der Waals surface area contributed by atoms with Gasteiger partial charge in [0.1, 0.15) is 23.2 Å². The van der Waals surface area contributed by atoms with Crippen LogP contribution < -0.4 is 10.5 Å². The number of nitrogen functional groups attached to an aromatic ring is 1. The number of anilines is 1. The van der Waals surface area contributed by atoms with Crippen molar-refractivity contribution >= 4 is 5.82 Å². The molecular weight excluding hydrogens is 355 g/mol. The van der Waals surface area contributed by atoms with Crippen molar-refractivity contribution in [1.29, 1.82) is 5.26 Å². The topological polar surface area (TPSA) is 71.9 Å². The van der Waals surface area contributed by atoms with Gasteiger partial charge < -0.3 is 10.5 Å². The summed E-state index contributed by atoms with van der Waals surface area (Å²) in [6.07, 6.45) is -4.49. The van der Waals surface area contributed by atoms with Crippen molar-refractivity contribution in [2.75, 3.05) is 12.8 Å². The maximum atomic E-state index is 13.1. The molecule has 2 N–H and O–H groups in total. The molecule has 7 heteroatoms. The Kier molecular flexibility index (Phi) is 4.74. The maximum absolute atomic E-state index is 13.1. The van der Waals surface area contributed by atoms with Crippen molar-refractivity contribution in [3.63, 3.8) is 0 Å². The Morgan fingerprint density at radius 1 is 1.04 bits per heavy atom. The number of methoxy groups -OCH3 is 1. The fourth-order valence-corrected chi connectivity index (χ4v) is 2.70. The number of pyridine rings is 1. The lowest BCUT2D eigenvalue weighted by Crippen LogP contribution is -2.05. The van der Waals surface area contributed by atoms with Gasteiger partial charge in [-0.2, -0.15) is 18.4 Å². The van der Waals surface area contributed by atoms with Gasteiger partial charge >= 0.3 is 6.18 Å². The molecule has 0 aliphatic heterocycles. The quantitative estimate of drug-likeness (QED) is 0.713. The first-order chi connectivity index (χ1) is 12.8. The molecule has 136 valence electrons. The largest absolute Gasteiger partial charge is 0.497 e. The second kappa shape index (κ2) is 7.00. The van der Waals surface area contributed by atoms with Crippen molar-refractivity contribution in [3.8, 4) is 34.2 Å². The van der Waals surface area contributed by atoms with Crippen LogP contribution in [0, 0.1) is 11.3 Å². The van der Waals surface area contributed by atoms with E-state index < -0.39 is 11.7 Å². The maximum Gasteiger partial charge on any atom is 0.416 e. The van der Waals surface area contributed by atoms with Gasteiger partial charge in [0.15, 0.2) is 0 Å². The lowest BCUT2D eigenvalue weighted by molar-refractivity contribution is -0.137. The first-order valence-electron chi connectivity index (χ1n) is 7.86. The van der Waals surface area contributed by atoms with Gasteiger partial charge in [0.25, 0.3) is 0 Å². The molecule has 3 rings (SSSR count). The molecule has 0 saturated carbocycles. The fourth-order valence-electron chi connectivity index (χ4n) is 2.70. The second-order valence-electron chi connectivity index (χ2n) is 5.74. The predicted molar refractivity (Wildman–Crippen MR) is 95.8 cm³/mol. The van der Waals surface area contributed by atoms with Crippen LogP contribution in [0.15, 0.2) is 54.6 Å². The van der Waals surface area contributed by atoms with E-state index in [0.717, 1.165) is 12.1 Å². The highest BCUT2D eigenvalue weighted by molar-refractivity contribution is 5.80. The molecule has 4 nitrogen and oxygen atoms in total. The smallest absolute Gasteiger partial charge is 0.416 e. The van der Waals surface area contributed by atoms with Crippen LogP contribution in [0.1, 0.15) is 11.1 Å². The molecule has 0 bridgehead atoms. The van der Waals surface area contributed by atoms with Gasteiger partial charge in [-0.05, 0) is 35.9 Å². The van der Waals surface area contributed by atoms with Crippen LogP contribution in [-0.2, 0) is 6.18 Å². The lowest BCUT2D eigenvalue weighted by Gasteiger charge is -2.13. The van der Waals surface area contributed by atoms with Crippen molar-refractivity contribution in [1.82, 2.24) is 4.98 Å². The van der Waals surface area contributed by atoms with Crippen molar-refractivity contribution < 1.29 is 17.9 Å². The molecule has 27 heavy (non-hydrogen) atoms. The number of nitriles is 1. The minimum atomic E-state index is -4.49. The summed E-state index contributed by atoms with van der Waals surface area (Å²) in [4.78, 5) is 4.22. The number of hydrogen-bond donors (Lipinski definition) is 1. The van der Waals surface area contributed by atoms with E-state index in [1.54, 1.807) is 30.3 Å². The summed E-state index contributed by atoms with van der Waals surface area (Å²) in [6, 6.07) is 15.3. The molecule has 0 radical (unpaired) electrons. The number of benzene rings is 2. The number of nitrogens with two attached hydrogens (primary N) is 1. The van der Waals surface area contributed by atoms with Crippen LogP contribution in [0.4, 0.5) is 19.0 Å². The molecule has 0 aliphatic carbocycles. The van der Waals surface area contributed by atoms with E-state index in [4.69, 9.17) is 10.5 Å². The van der Waals surface area contributed by atoms with Crippen molar-refractivity contribution in [2.24, 2.45) is 0 Å². The van der Waals surface area contributed by atoms with E-state index >= 15 is 0 Å². The number of nitrogens with zero attached hydrogens (tertiary/aromatic N) is 2. The van der Waals surface area contributed by atoms with Gasteiger partial charge in [0.2, 0.25) is 0 Å². The van der Waals surface area contributed by atoms with Crippen LogP contribution in [0.25, 0.3) is 22.4 Å². The molecule has 0 aliphatic rings. The molecular formula is C20H14F3N3O. The van der Waals surface area contributed by atoms with Crippen LogP contribution in [0.3, 0.4) is 0 Å². The van der Waals surface area contributed by atoms with Crippen LogP contribution >= 0.6 is 0 Å². The molecule has 1 aromatic heterocycles. The Bertz CT molecular complexity index is 1040. The van der Waals surface area contributed by atoms with Crippen LogP contribution in [0.5, 0.6) is 5.75 Å². The summed E-state index contributed by atoms with van der Waals surface area (Å²) in [5.41, 5.74) is 6.76. The summed E-state index contributed by atoms with van der Waals surface area (Å²) in [7, 11) is 1.52. The monoisotopic (exact) mass is 369 g/mol. The minimum absolute atomic E-state index is 0.0287. The molecule has 2 aromatic carbocycles. The van der Waals surface area contributed by atoms with Gasteiger partial charge in [0.05, 0.1) is 18.4 Å². The van der Waals surface area contributed by atoms with Crippen molar-refractivity contribution in [2.45, 2.75) is 6.18 Å². The van der Waals surface area contributed by atoms with E-state index in [1.165, 1.54) is 19.2 Å². The van der Waals surface area contributed by atoms with E-state index in [2.05, 4.69) is 4.98 Å². The minimum Gasteiger partial charge on any atom is -0.497 e. The van der Waals surface area contributed by atoms with Gasteiger partial charge in [-0.3, -0.25) is 0 Å². The number of halogens is 3. The Balaban J connectivity index is 2.21. The molecule has 0 spiro atoms. The summed E-state index contributed by atoms with van der Waals surface area (Å²) >= 11 is 0. The number of alkyl halides is 3. The Morgan fingerprint density at radius 3 is 2.41 bits per heavy atom. The van der Waals surface area contributed by atoms with E-state index in [0.29, 0.717) is 17.0 Å². The third-order valence-corrected chi connectivity index (χ3v) is 4.03. The van der Waals surface area contributed by atoms with Gasteiger partial charge in [-0.15, -0.1) is 0 Å². The standard InChI is InChI=1S/C20H14F3N3O/c1-27-15-7-3-5-13(9-15)18-10-16(17(11-24)19(25)26-18)12-4-2-6-14(8-12)20(21,22)23/h2-10H,1H3,(H2,25,26). The third-order valence-electron chi connectivity index (χ3n) is 4.03. The summed E-state index contributed by atoms with van der Waals surface area (Å²) in [5, 5.41) is 9.42.